The molecule has 8 heteroatoms. The molecule has 0 aliphatic carbocycles. The lowest BCUT2D eigenvalue weighted by Gasteiger charge is -2.19. The molecule has 0 bridgehead atoms. The third-order valence-electron chi connectivity index (χ3n) is 7.09. The van der Waals surface area contributed by atoms with E-state index in [2.05, 4.69) is 5.32 Å². The highest BCUT2D eigenvalue weighted by Crippen LogP contribution is 2.30. The van der Waals surface area contributed by atoms with Crippen LogP contribution in [0, 0.1) is 17.6 Å². The Morgan fingerprint density at radius 1 is 0.923 bits per heavy atom. The average Bonchev–Trinajstić information content (AvgIpc) is 3.42. The molecule has 0 aromatic heterocycles. The van der Waals surface area contributed by atoms with Gasteiger partial charge in [-0.05, 0) is 84.8 Å². The minimum absolute atomic E-state index is 0.00440. The summed E-state index contributed by atoms with van der Waals surface area (Å²) in [7, 11) is 0. The van der Waals surface area contributed by atoms with Crippen molar-refractivity contribution in [2.24, 2.45) is 5.92 Å². The van der Waals surface area contributed by atoms with Crippen molar-refractivity contribution in [1.29, 1.82) is 0 Å². The smallest absolute Gasteiger partial charge is 0.257 e. The zero-order chi connectivity index (χ0) is 27.6. The van der Waals surface area contributed by atoms with Crippen LogP contribution >= 0.6 is 11.6 Å². The summed E-state index contributed by atoms with van der Waals surface area (Å²) in [6, 6.07) is 19.6. The molecule has 206 valence electrons. The minimum Gasteiger partial charge on any atom is -0.484 e. The molecular weight excluding hydrogens is 522 g/mol. The molecule has 1 atom stereocenters. The highest BCUT2D eigenvalue weighted by molar-refractivity contribution is 6.30. The van der Waals surface area contributed by atoms with E-state index in [1.165, 1.54) is 24.3 Å². The number of benzene rings is 3. The number of hydrogen-bond acceptors (Lipinski definition) is 3. The van der Waals surface area contributed by atoms with Gasteiger partial charge in [-0.1, -0.05) is 42.3 Å². The Morgan fingerprint density at radius 2 is 1.54 bits per heavy atom. The first kappa shape index (κ1) is 28.6. The molecule has 1 aliphatic heterocycles. The number of carbonyl (C=O) groups is 2. The maximum Gasteiger partial charge on any atom is 0.257 e. The average molecular weight is 555 g/mol. The van der Waals surface area contributed by atoms with Gasteiger partial charge in [-0.25, -0.2) is 8.78 Å². The molecule has 3 aromatic carbocycles. The lowest BCUT2D eigenvalue weighted by molar-refractivity contribution is -0.130. The first-order chi connectivity index (χ1) is 18.9. The molecule has 0 radical (unpaired) electrons. The van der Waals surface area contributed by atoms with Gasteiger partial charge in [0.2, 0.25) is 5.91 Å². The van der Waals surface area contributed by atoms with Gasteiger partial charge in [0.25, 0.3) is 5.91 Å². The fraction of sp³-hybridized carbons (Fsp3) is 0.355. The predicted molar refractivity (Wildman–Crippen MR) is 148 cm³/mol. The number of halogens is 3. The van der Waals surface area contributed by atoms with E-state index in [0.717, 1.165) is 36.8 Å². The largest absolute Gasteiger partial charge is 0.484 e. The number of nitrogens with one attached hydrogen (secondary N) is 1. The first-order valence-corrected chi connectivity index (χ1v) is 13.7. The standard InChI is InChI=1S/C31H33ClF2N2O3/c32-25-9-15-28(16-10-25)39-21-30(37)35-19-22-17-18-36(20-22)31(38)4-2-1-3-29(23-5-11-26(33)12-6-23)24-7-13-27(34)14-8-24/h5-16,22,29H,1-4,17-21H2,(H,35,37). The molecule has 1 saturated heterocycles. The predicted octanol–water partition coefficient (Wildman–Crippen LogP) is 6.35. The van der Waals surface area contributed by atoms with Gasteiger partial charge >= 0.3 is 0 Å². The number of hydrogen-bond donors (Lipinski definition) is 1. The second-order valence-corrected chi connectivity index (χ2v) is 10.4. The fourth-order valence-electron chi connectivity index (χ4n) is 4.91. The van der Waals surface area contributed by atoms with Gasteiger partial charge in [0.05, 0.1) is 0 Å². The summed E-state index contributed by atoms with van der Waals surface area (Å²) in [6.07, 6.45) is 3.62. The summed E-state index contributed by atoms with van der Waals surface area (Å²) < 4.78 is 32.4. The molecule has 1 fully saturated rings. The second-order valence-electron chi connectivity index (χ2n) is 9.94. The Bertz CT molecular complexity index is 1170. The molecular formula is C31H33ClF2N2O3. The monoisotopic (exact) mass is 554 g/mol. The van der Waals surface area contributed by atoms with E-state index in [4.69, 9.17) is 16.3 Å². The number of nitrogens with zero attached hydrogens (tertiary/aromatic N) is 1. The molecule has 1 heterocycles. The van der Waals surface area contributed by atoms with Gasteiger partial charge in [-0.3, -0.25) is 9.59 Å². The van der Waals surface area contributed by atoms with Crippen LogP contribution in [0.5, 0.6) is 5.75 Å². The Kier molecular flexibility index (Phi) is 10.3. The van der Waals surface area contributed by atoms with Gasteiger partial charge in [0.1, 0.15) is 17.4 Å². The lowest BCUT2D eigenvalue weighted by atomic mass is 9.87. The van der Waals surface area contributed by atoms with E-state index < -0.39 is 0 Å². The van der Waals surface area contributed by atoms with Gasteiger partial charge in [-0.2, -0.15) is 0 Å². The van der Waals surface area contributed by atoms with Crippen molar-refractivity contribution in [3.8, 4) is 5.75 Å². The van der Waals surface area contributed by atoms with E-state index in [1.807, 2.05) is 4.90 Å². The summed E-state index contributed by atoms with van der Waals surface area (Å²) in [5, 5.41) is 3.50. The summed E-state index contributed by atoms with van der Waals surface area (Å²) in [6.45, 7) is 1.75. The molecule has 4 rings (SSSR count). The van der Waals surface area contributed by atoms with Crippen molar-refractivity contribution in [2.75, 3.05) is 26.2 Å². The summed E-state index contributed by atoms with van der Waals surface area (Å²) in [5.74, 6) is 0.129. The van der Waals surface area contributed by atoms with Crippen molar-refractivity contribution in [2.45, 2.75) is 38.0 Å². The molecule has 0 saturated carbocycles. The molecule has 1 aliphatic rings. The highest BCUT2D eigenvalue weighted by Gasteiger charge is 2.26. The van der Waals surface area contributed by atoms with Crippen LogP contribution < -0.4 is 10.1 Å². The van der Waals surface area contributed by atoms with Crippen LogP contribution in [0.3, 0.4) is 0 Å². The molecule has 5 nitrogen and oxygen atoms in total. The quantitative estimate of drug-likeness (QED) is 0.265. The molecule has 1 unspecified atom stereocenters. The third kappa shape index (κ3) is 8.79. The van der Waals surface area contributed by atoms with E-state index >= 15 is 0 Å². The molecule has 2 amide bonds. The van der Waals surface area contributed by atoms with Crippen LogP contribution in [0.1, 0.15) is 49.1 Å². The number of ether oxygens (including phenoxy) is 1. The molecule has 0 spiro atoms. The van der Waals surface area contributed by atoms with Crippen LogP contribution in [0.25, 0.3) is 0 Å². The number of unbranched alkanes of at least 4 members (excludes halogenated alkanes) is 1. The Labute approximate surface area is 233 Å². The minimum atomic E-state index is -0.294. The summed E-state index contributed by atoms with van der Waals surface area (Å²) in [5.41, 5.74) is 1.94. The molecule has 39 heavy (non-hydrogen) atoms. The van der Waals surface area contributed by atoms with Crippen LogP contribution in [-0.4, -0.2) is 43.0 Å². The topological polar surface area (TPSA) is 58.6 Å². The van der Waals surface area contributed by atoms with Crippen molar-refractivity contribution in [3.63, 3.8) is 0 Å². The van der Waals surface area contributed by atoms with Crippen LogP contribution in [0.4, 0.5) is 8.78 Å². The van der Waals surface area contributed by atoms with Crippen molar-refractivity contribution in [1.82, 2.24) is 10.2 Å². The maximum atomic E-state index is 13.5. The molecule has 3 aromatic rings. The number of likely N-dealkylation sites (tertiary alicyclic amines) is 1. The number of carbonyl (C=O) groups excluding carboxylic acids is 2. The summed E-state index contributed by atoms with van der Waals surface area (Å²) >= 11 is 5.85. The van der Waals surface area contributed by atoms with E-state index in [9.17, 15) is 18.4 Å². The zero-order valence-corrected chi connectivity index (χ0v) is 22.5. The van der Waals surface area contributed by atoms with Gasteiger partial charge in [-0.15, -0.1) is 0 Å². The fourth-order valence-corrected chi connectivity index (χ4v) is 5.04. The highest BCUT2D eigenvalue weighted by atomic mass is 35.5. The van der Waals surface area contributed by atoms with E-state index in [0.29, 0.717) is 36.8 Å². The SMILES string of the molecule is O=C(COc1ccc(Cl)cc1)NCC1CCN(C(=O)CCCCC(c2ccc(F)cc2)c2ccc(F)cc2)C1. The van der Waals surface area contributed by atoms with Crippen LogP contribution in [0.15, 0.2) is 72.8 Å². The van der Waals surface area contributed by atoms with Crippen LogP contribution in [0.2, 0.25) is 5.02 Å². The van der Waals surface area contributed by atoms with Crippen molar-refractivity contribution < 1.29 is 23.1 Å². The zero-order valence-electron chi connectivity index (χ0n) is 21.8. The van der Waals surface area contributed by atoms with Gasteiger partial charge < -0.3 is 15.0 Å². The lowest BCUT2D eigenvalue weighted by Crippen LogP contribution is -2.35. The van der Waals surface area contributed by atoms with Crippen LogP contribution in [-0.2, 0) is 9.59 Å². The Hall–Kier alpha value is -3.45. The van der Waals surface area contributed by atoms with Crippen molar-refractivity contribution >= 4 is 23.4 Å². The molecule has 1 N–H and O–H groups in total. The summed E-state index contributed by atoms with van der Waals surface area (Å²) in [4.78, 5) is 26.8. The Balaban J connectivity index is 1.17. The van der Waals surface area contributed by atoms with Gasteiger partial charge in [0, 0.05) is 37.0 Å². The third-order valence-corrected chi connectivity index (χ3v) is 7.34. The number of amides is 2. The van der Waals surface area contributed by atoms with E-state index in [-0.39, 0.29) is 41.9 Å². The number of rotatable bonds is 12. The first-order valence-electron chi connectivity index (χ1n) is 13.3. The van der Waals surface area contributed by atoms with Gasteiger partial charge in [0.15, 0.2) is 6.61 Å². The maximum absolute atomic E-state index is 13.5. The van der Waals surface area contributed by atoms with Crippen molar-refractivity contribution in [3.05, 3.63) is 101 Å². The normalized spacial score (nSPS) is 15.0. The second kappa shape index (κ2) is 14.1. The van der Waals surface area contributed by atoms with E-state index in [1.54, 1.807) is 48.5 Å². The Morgan fingerprint density at radius 3 is 2.15 bits per heavy atom.